The summed E-state index contributed by atoms with van der Waals surface area (Å²) in [5, 5.41) is 13.5. The van der Waals surface area contributed by atoms with E-state index in [1.807, 2.05) is 0 Å². The molecule has 0 radical (unpaired) electrons. The van der Waals surface area contributed by atoms with E-state index in [1.165, 1.54) is 16.8 Å². The van der Waals surface area contributed by atoms with Crippen molar-refractivity contribution in [2.45, 2.75) is 12.7 Å². The topological polar surface area (TPSA) is 83.7 Å². The second-order valence-electron chi connectivity index (χ2n) is 5.90. The molecule has 0 saturated heterocycles. The van der Waals surface area contributed by atoms with Crippen molar-refractivity contribution in [2.75, 3.05) is 0 Å². The Hall–Kier alpha value is -3.62. The molecule has 1 amide bonds. The summed E-state index contributed by atoms with van der Waals surface area (Å²) in [6.07, 6.45) is -1.67. The van der Waals surface area contributed by atoms with Crippen molar-refractivity contribution in [1.29, 1.82) is 0 Å². The molecule has 3 aromatic rings. The predicted octanol–water partition coefficient (Wildman–Crippen LogP) is 3.51. The summed E-state index contributed by atoms with van der Waals surface area (Å²) in [5.41, 5.74) is 2.30. The Balaban J connectivity index is 1.80. The lowest BCUT2D eigenvalue weighted by Crippen LogP contribution is -2.18. The average molecular weight is 389 g/mol. The molecule has 28 heavy (non-hydrogen) atoms. The third-order valence-electron chi connectivity index (χ3n) is 3.95. The van der Waals surface area contributed by atoms with Crippen molar-refractivity contribution in [2.24, 2.45) is 5.10 Å². The van der Waals surface area contributed by atoms with Crippen LogP contribution in [0.25, 0.3) is 10.9 Å². The Bertz CT molecular complexity index is 1070. The number of aliphatic carboxylic acids is 1. The highest BCUT2D eigenvalue weighted by atomic mass is 19.4. The van der Waals surface area contributed by atoms with Gasteiger partial charge in [-0.3, -0.25) is 9.59 Å². The fourth-order valence-corrected chi connectivity index (χ4v) is 2.72. The molecule has 0 bridgehead atoms. The van der Waals surface area contributed by atoms with Gasteiger partial charge in [0, 0.05) is 28.2 Å². The number of benzene rings is 2. The lowest BCUT2D eigenvalue weighted by molar-refractivity contribution is -0.138. The molecule has 0 atom stereocenters. The number of carbonyl (C=O) groups is 2. The smallest absolute Gasteiger partial charge is 0.416 e. The number of nitrogens with zero attached hydrogens (tertiary/aromatic N) is 2. The number of rotatable bonds is 5. The summed E-state index contributed by atoms with van der Waals surface area (Å²) >= 11 is 0. The molecule has 2 aromatic carbocycles. The molecular formula is C19H14F3N3O3. The van der Waals surface area contributed by atoms with Crippen molar-refractivity contribution in [3.63, 3.8) is 0 Å². The molecule has 0 aliphatic heterocycles. The maximum absolute atomic E-state index is 12.7. The number of fused-ring (bicyclic) bond motifs is 1. The van der Waals surface area contributed by atoms with Crippen molar-refractivity contribution in [3.05, 3.63) is 71.4 Å². The first kappa shape index (κ1) is 19.2. The standard InChI is InChI=1S/C19H14F3N3O3/c20-19(21,22)14-5-3-4-12(8-14)18(28)24-23-9-13-10-25(11-17(26)27)16-7-2-1-6-15(13)16/h1-10H,11H2,(H,24,28)(H,26,27)/b23-9-. The predicted molar refractivity (Wildman–Crippen MR) is 96.1 cm³/mol. The number of hydrogen-bond donors (Lipinski definition) is 2. The van der Waals surface area contributed by atoms with Crippen molar-refractivity contribution >= 4 is 29.0 Å². The fraction of sp³-hybridized carbons (Fsp3) is 0.105. The molecule has 0 spiro atoms. The highest BCUT2D eigenvalue weighted by Gasteiger charge is 2.30. The van der Waals surface area contributed by atoms with Gasteiger partial charge in [0.05, 0.1) is 11.8 Å². The van der Waals surface area contributed by atoms with Gasteiger partial charge in [0.2, 0.25) is 0 Å². The van der Waals surface area contributed by atoms with Crippen LogP contribution in [0.15, 0.2) is 59.8 Å². The van der Waals surface area contributed by atoms with Crippen LogP contribution in [0.5, 0.6) is 0 Å². The van der Waals surface area contributed by atoms with Gasteiger partial charge >= 0.3 is 12.1 Å². The molecule has 0 aliphatic rings. The molecule has 144 valence electrons. The normalized spacial score (nSPS) is 11.8. The van der Waals surface area contributed by atoms with E-state index in [4.69, 9.17) is 5.11 Å². The summed E-state index contributed by atoms with van der Waals surface area (Å²) in [6, 6.07) is 11.0. The molecule has 6 nitrogen and oxygen atoms in total. The summed E-state index contributed by atoms with van der Waals surface area (Å²) in [7, 11) is 0. The van der Waals surface area contributed by atoms with Crippen molar-refractivity contribution in [1.82, 2.24) is 9.99 Å². The van der Waals surface area contributed by atoms with E-state index >= 15 is 0 Å². The number of nitrogens with one attached hydrogen (secondary N) is 1. The number of aromatic nitrogens is 1. The zero-order chi connectivity index (χ0) is 20.3. The second-order valence-corrected chi connectivity index (χ2v) is 5.90. The number of carboxylic acids is 1. The SMILES string of the molecule is O=C(O)Cn1cc(/C=N\NC(=O)c2cccc(C(F)(F)F)c2)c2ccccc21. The monoisotopic (exact) mass is 389 g/mol. The first-order chi connectivity index (χ1) is 13.3. The molecule has 1 heterocycles. The number of para-hydroxylation sites is 1. The quantitative estimate of drug-likeness (QED) is 0.517. The third kappa shape index (κ3) is 4.20. The average Bonchev–Trinajstić information content (AvgIpc) is 2.98. The maximum Gasteiger partial charge on any atom is 0.416 e. The lowest BCUT2D eigenvalue weighted by Gasteiger charge is -2.07. The third-order valence-corrected chi connectivity index (χ3v) is 3.95. The van der Waals surface area contributed by atoms with Crippen LogP contribution in [0, 0.1) is 0 Å². The van der Waals surface area contributed by atoms with Crippen LogP contribution in [0.4, 0.5) is 13.2 Å². The van der Waals surface area contributed by atoms with Crippen LogP contribution >= 0.6 is 0 Å². The Morgan fingerprint density at radius 2 is 1.89 bits per heavy atom. The lowest BCUT2D eigenvalue weighted by atomic mass is 10.1. The summed E-state index contributed by atoms with van der Waals surface area (Å²) in [5.74, 6) is -1.81. The van der Waals surface area contributed by atoms with Crippen LogP contribution in [0.3, 0.4) is 0 Å². The highest BCUT2D eigenvalue weighted by Crippen LogP contribution is 2.29. The molecule has 0 aliphatic carbocycles. The maximum atomic E-state index is 12.7. The summed E-state index contributed by atoms with van der Waals surface area (Å²) in [4.78, 5) is 23.0. The van der Waals surface area contributed by atoms with Crippen LogP contribution in [-0.2, 0) is 17.5 Å². The van der Waals surface area contributed by atoms with Crippen LogP contribution < -0.4 is 5.43 Å². The minimum Gasteiger partial charge on any atom is -0.480 e. The van der Waals surface area contributed by atoms with Gasteiger partial charge in [-0.1, -0.05) is 24.3 Å². The molecular weight excluding hydrogens is 375 g/mol. The highest BCUT2D eigenvalue weighted by molar-refractivity contribution is 6.01. The number of amides is 1. The van der Waals surface area contributed by atoms with Gasteiger partial charge in [0.15, 0.2) is 0 Å². The number of halogens is 3. The van der Waals surface area contributed by atoms with Crippen molar-refractivity contribution < 1.29 is 27.9 Å². The molecule has 3 rings (SSSR count). The number of alkyl halides is 3. The Morgan fingerprint density at radius 1 is 1.14 bits per heavy atom. The van der Waals surface area contributed by atoms with E-state index in [9.17, 15) is 22.8 Å². The number of carbonyl (C=O) groups excluding carboxylic acids is 1. The Kier molecular flexibility index (Phi) is 5.16. The minimum atomic E-state index is -4.55. The second kappa shape index (κ2) is 7.55. The fourth-order valence-electron chi connectivity index (χ4n) is 2.72. The molecule has 2 N–H and O–H groups in total. The van der Waals surface area contributed by atoms with E-state index in [0.29, 0.717) is 11.1 Å². The zero-order valence-electron chi connectivity index (χ0n) is 14.3. The number of carboxylic acid groups (broad SMARTS) is 1. The van der Waals surface area contributed by atoms with Crippen LogP contribution in [0.2, 0.25) is 0 Å². The van der Waals surface area contributed by atoms with Gasteiger partial charge in [0.1, 0.15) is 6.54 Å². The largest absolute Gasteiger partial charge is 0.480 e. The first-order valence-electron chi connectivity index (χ1n) is 8.06. The molecule has 0 saturated carbocycles. The van der Waals surface area contributed by atoms with E-state index in [1.54, 1.807) is 30.5 Å². The number of hydrazone groups is 1. The molecule has 0 unspecified atom stereocenters. The van der Waals surface area contributed by atoms with Crippen LogP contribution in [0.1, 0.15) is 21.5 Å². The molecule has 9 heteroatoms. The Labute approximate surface area is 156 Å². The van der Waals surface area contributed by atoms with Crippen molar-refractivity contribution in [3.8, 4) is 0 Å². The summed E-state index contributed by atoms with van der Waals surface area (Å²) < 4.78 is 39.7. The van der Waals surface area contributed by atoms with Gasteiger partial charge in [-0.05, 0) is 24.3 Å². The van der Waals surface area contributed by atoms with E-state index in [-0.39, 0.29) is 12.1 Å². The van der Waals surface area contributed by atoms with Gasteiger partial charge in [-0.2, -0.15) is 18.3 Å². The van der Waals surface area contributed by atoms with E-state index in [0.717, 1.165) is 23.6 Å². The zero-order valence-corrected chi connectivity index (χ0v) is 14.3. The molecule has 0 fully saturated rings. The van der Waals surface area contributed by atoms with Gasteiger partial charge < -0.3 is 9.67 Å². The van der Waals surface area contributed by atoms with E-state index in [2.05, 4.69) is 10.5 Å². The van der Waals surface area contributed by atoms with Gasteiger partial charge in [-0.25, -0.2) is 5.43 Å². The summed E-state index contributed by atoms with van der Waals surface area (Å²) in [6.45, 7) is -0.245. The van der Waals surface area contributed by atoms with Crippen LogP contribution in [-0.4, -0.2) is 27.8 Å². The number of hydrogen-bond acceptors (Lipinski definition) is 3. The first-order valence-corrected chi connectivity index (χ1v) is 8.06. The minimum absolute atomic E-state index is 0.180. The van der Waals surface area contributed by atoms with E-state index < -0.39 is 23.6 Å². The molecule has 1 aromatic heterocycles. The Morgan fingerprint density at radius 3 is 2.61 bits per heavy atom. The van der Waals surface area contributed by atoms with Gasteiger partial charge in [0.25, 0.3) is 5.91 Å². The van der Waals surface area contributed by atoms with Gasteiger partial charge in [-0.15, -0.1) is 0 Å².